The second-order valence-electron chi connectivity index (χ2n) is 7.76. The number of carbonyl (C=O) groups excluding carboxylic acids is 1. The average Bonchev–Trinajstić information content (AvgIpc) is 3.31. The zero-order chi connectivity index (χ0) is 21.3. The van der Waals surface area contributed by atoms with Crippen LogP contribution in [0.5, 0.6) is 0 Å². The van der Waals surface area contributed by atoms with Crippen molar-refractivity contribution in [2.45, 2.75) is 52.7 Å². The Labute approximate surface area is 180 Å². The number of ether oxygens (including phenoxy) is 1. The fourth-order valence-corrected chi connectivity index (χ4v) is 4.97. The molecule has 0 N–H and O–H groups in total. The summed E-state index contributed by atoms with van der Waals surface area (Å²) in [5.74, 6) is 0.439. The number of thiophene rings is 1. The molecule has 1 saturated heterocycles. The van der Waals surface area contributed by atoms with Crippen molar-refractivity contribution < 1.29 is 9.53 Å². The van der Waals surface area contributed by atoms with Gasteiger partial charge in [0.1, 0.15) is 0 Å². The van der Waals surface area contributed by atoms with Gasteiger partial charge in [-0.25, -0.2) is 9.97 Å². The largest absolute Gasteiger partial charge is 0.378 e. The molecule has 0 spiro atoms. The average molecular weight is 426 g/mol. The number of piperidine rings is 1. The van der Waals surface area contributed by atoms with Crippen LogP contribution in [0.4, 0.5) is 0 Å². The van der Waals surface area contributed by atoms with Gasteiger partial charge in [-0.05, 0) is 52.2 Å². The van der Waals surface area contributed by atoms with E-state index in [9.17, 15) is 4.79 Å². The second-order valence-corrected chi connectivity index (χ2v) is 9.22. The van der Waals surface area contributed by atoms with Crippen LogP contribution in [0.1, 0.15) is 52.0 Å². The van der Waals surface area contributed by atoms with Gasteiger partial charge in [0.2, 0.25) is 0 Å². The lowest BCUT2D eigenvalue weighted by molar-refractivity contribution is 0.0630. The van der Waals surface area contributed by atoms with Crippen LogP contribution in [0.15, 0.2) is 24.5 Å². The highest BCUT2D eigenvalue weighted by molar-refractivity contribution is 7.12. The third-order valence-corrected chi connectivity index (χ3v) is 6.56. The van der Waals surface area contributed by atoms with Gasteiger partial charge in [0, 0.05) is 41.2 Å². The van der Waals surface area contributed by atoms with Crippen LogP contribution in [0.3, 0.4) is 0 Å². The minimum Gasteiger partial charge on any atom is -0.378 e. The standard InChI is InChI=1S/C22H27N5O2S/c1-14-7-5-6-10-26(14)21(28)18-12-24-27(20(18)13-29-4)22-23-9-8-19(25-22)17-11-15(2)30-16(17)3/h8-9,11-12,14H,5-7,10,13H2,1-4H3/t14-/m1/s1. The van der Waals surface area contributed by atoms with Crippen molar-refractivity contribution in [2.75, 3.05) is 13.7 Å². The molecule has 3 aromatic rings. The predicted octanol–water partition coefficient (Wildman–Crippen LogP) is 4.17. The maximum absolute atomic E-state index is 13.3. The zero-order valence-electron chi connectivity index (χ0n) is 17.9. The number of hydrogen-bond donors (Lipinski definition) is 0. The fraction of sp³-hybridized carbons (Fsp3) is 0.455. The molecule has 4 rings (SSSR count). The van der Waals surface area contributed by atoms with Crippen molar-refractivity contribution in [3.05, 3.63) is 45.5 Å². The van der Waals surface area contributed by atoms with Gasteiger partial charge >= 0.3 is 0 Å². The van der Waals surface area contributed by atoms with Gasteiger partial charge in [0.05, 0.1) is 29.8 Å². The lowest BCUT2D eigenvalue weighted by atomic mass is 10.0. The minimum absolute atomic E-state index is 0.000887. The summed E-state index contributed by atoms with van der Waals surface area (Å²) < 4.78 is 7.03. The molecule has 4 heterocycles. The Morgan fingerprint density at radius 2 is 2.17 bits per heavy atom. The molecule has 1 amide bonds. The molecule has 1 aliphatic heterocycles. The van der Waals surface area contributed by atoms with Crippen molar-refractivity contribution in [1.29, 1.82) is 0 Å². The molecule has 0 saturated carbocycles. The Morgan fingerprint density at radius 1 is 1.33 bits per heavy atom. The fourth-order valence-electron chi connectivity index (χ4n) is 4.04. The van der Waals surface area contributed by atoms with Crippen molar-refractivity contribution in [2.24, 2.45) is 0 Å². The number of hydrogen-bond acceptors (Lipinski definition) is 6. The third-order valence-electron chi connectivity index (χ3n) is 5.59. The highest BCUT2D eigenvalue weighted by Crippen LogP contribution is 2.29. The Morgan fingerprint density at radius 3 is 2.87 bits per heavy atom. The van der Waals surface area contributed by atoms with Crippen LogP contribution in [-0.2, 0) is 11.3 Å². The summed E-state index contributed by atoms with van der Waals surface area (Å²) in [6.45, 7) is 7.33. The zero-order valence-corrected chi connectivity index (χ0v) is 18.7. The van der Waals surface area contributed by atoms with Crippen molar-refractivity contribution in [1.82, 2.24) is 24.6 Å². The SMILES string of the molecule is COCc1c(C(=O)N2CCCC[C@H]2C)cnn1-c1nccc(-c2cc(C)sc2C)n1. The highest BCUT2D eigenvalue weighted by Gasteiger charge is 2.28. The molecule has 0 aromatic carbocycles. The van der Waals surface area contributed by atoms with Crippen LogP contribution in [-0.4, -0.2) is 50.3 Å². The number of likely N-dealkylation sites (tertiary alicyclic amines) is 1. The first kappa shape index (κ1) is 20.7. The van der Waals surface area contributed by atoms with E-state index in [1.54, 1.807) is 35.5 Å². The number of nitrogens with zero attached hydrogens (tertiary/aromatic N) is 5. The Kier molecular flexibility index (Phi) is 5.97. The first-order chi connectivity index (χ1) is 14.5. The molecule has 0 aliphatic carbocycles. The smallest absolute Gasteiger partial charge is 0.257 e. The first-order valence-electron chi connectivity index (χ1n) is 10.3. The van der Waals surface area contributed by atoms with E-state index in [0.29, 0.717) is 17.2 Å². The lowest BCUT2D eigenvalue weighted by Gasteiger charge is -2.33. The van der Waals surface area contributed by atoms with Crippen molar-refractivity contribution >= 4 is 17.2 Å². The number of carbonyl (C=O) groups is 1. The van der Waals surface area contributed by atoms with Gasteiger partial charge in [-0.15, -0.1) is 11.3 Å². The van der Waals surface area contributed by atoms with E-state index in [1.807, 2.05) is 11.0 Å². The number of aryl methyl sites for hydroxylation is 2. The molecule has 158 valence electrons. The first-order valence-corrected chi connectivity index (χ1v) is 11.1. The molecular weight excluding hydrogens is 398 g/mol. The summed E-state index contributed by atoms with van der Waals surface area (Å²) >= 11 is 1.75. The Hall–Kier alpha value is -2.58. The van der Waals surface area contributed by atoms with Gasteiger partial charge in [0.15, 0.2) is 0 Å². The van der Waals surface area contributed by atoms with Crippen LogP contribution in [0.2, 0.25) is 0 Å². The molecule has 1 aliphatic rings. The van der Waals surface area contributed by atoms with E-state index in [2.05, 4.69) is 36.9 Å². The summed E-state index contributed by atoms with van der Waals surface area (Å²) in [5, 5.41) is 4.48. The third kappa shape index (κ3) is 3.89. The number of methoxy groups -OCH3 is 1. The van der Waals surface area contributed by atoms with Gasteiger partial charge in [-0.1, -0.05) is 0 Å². The molecule has 0 unspecified atom stereocenters. The molecule has 30 heavy (non-hydrogen) atoms. The van der Waals surface area contributed by atoms with Crippen LogP contribution in [0, 0.1) is 13.8 Å². The summed E-state index contributed by atoms with van der Waals surface area (Å²) in [6.07, 6.45) is 6.58. The van der Waals surface area contributed by atoms with E-state index in [-0.39, 0.29) is 18.6 Å². The van der Waals surface area contributed by atoms with Crippen molar-refractivity contribution in [3.8, 4) is 17.2 Å². The maximum Gasteiger partial charge on any atom is 0.257 e. The quantitative estimate of drug-likeness (QED) is 0.613. The second kappa shape index (κ2) is 8.65. The summed E-state index contributed by atoms with van der Waals surface area (Å²) in [5.41, 5.74) is 3.18. The minimum atomic E-state index is 0.000887. The normalized spacial score (nSPS) is 16.8. The van der Waals surface area contributed by atoms with Crippen LogP contribution < -0.4 is 0 Å². The predicted molar refractivity (Wildman–Crippen MR) is 117 cm³/mol. The monoisotopic (exact) mass is 425 g/mol. The van der Waals surface area contributed by atoms with E-state index in [0.717, 1.165) is 37.1 Å². The van der Waals surface area contributed by atoms with Gasteiger partial charge in [0.25, 0.3) is 11.9 Å². The molecule has 7 nitrogen and oxygen atoms in total. The molecule has 0 bridgehead atoms. The van der Waals surface area contributed by atoms with Crippen molar-refractivity contribution in [3.63, 3.8) is 0 Å². The molecule has 3 aromatic heterocycles. The number of aromatic nitrogens is 4. The molecular formula is C22H27N5O2S. The Balaban J connectivity index is 1.72. The van der Waals surface area contributed by atoms with E-state index in [4.69, 9.17) is 9.72 Å². The topological polar surface area (TPSA) is 73.1 Å². The summed E-state index contributed by atoms with van der Waals surface area (Å²) in [7, 11) is 1.61. The molecule has 1 atom stereocenters. The summed E-state index contributed by atoms with van der Waals surface area (Å²) in [4.78, 5) is 26.8. The van der Waals surface area contributed by atoms with Crippen LogP contribution >= 0.6 is 11.3 Å². The lowest BCUT2D eigenvalue weighted by Crippen LogP contribution is -2.42. The van der Waals surface area contributed by atoms with Gasteiger partial charge < -0.3 is 9.64 Å². The van der Waals surface area contributed by atoms with Gasteiger partial charge in [-0.2, -0.15) is 9.78 Å². The maximum atomic E-state index is 13.3. The molecule has 1 fully saturated rings. The van der Waals surface area contributed by atoms with E-state index < -0.39 is 0 Å². The molecule has 0 radical (unpaired) electrons. The van der Waals surface area contributed by atoms with Gasteiger partial charge in [-0.3, -0.25) is 4.79 Å². The highest BCUT2D eigenvalue weighted by atomic mass is 32.1. The Bertz CT molecular complexity index is 1060. The number of amides is 1. The van der Waals surface area contributed by atoms with Crippen LogP contribution in [0.25, 0.3) is 17.2 Å². The number of rotatable bonds is 5. The van der Waals surface area contributed by atoms with E-state index in [1.165, 1.54) is 9.75 Å². The van der Waals surface area contributed by atoms with E-state index >= 15 is 0 Å². The summed E-state index contributed by atoms with van der Waals surface area (Å²) in [6, 6.07) is 4.27. The molecule has 8 heteroatoms.